The van der Waals surface area contributed by atoms with E-state index in [1.54, 1.807) is 0 Å². The van der Waals surface area contributed by atoms with E-state index in [2.05, 4.69) is 18.7 Å². The number of nitrogens with zero attached hydrogens (tertiary/aromatic N) is 1. The van der Waals surface area contributed by atoms with Gasteiger partial charge < -0.3 is 10.5 Å². The number of hydrogen-bond donors (Lipinski definition) is 1. The molecule has 0 unspecified atom stereocenters. The Labute approximate surface area is 111 Å². The van der Waals surface area contributed by atoms with Crippen molar-refractivity contribution >= 4 is 0 Å². The number of benzene rings is 1. The summed E-state index contributed by atoms with van der Waals surface area (Å²) in [5.41, 5.74) is 5.57. The largest absolute Gasteiger partial charge is 0.492 e. The fourth-order valence-electron chi connectivity index (χ4n) is 1.93. The van der Waals surface area contributed by atoms with Gasteiger partial charge >= 0.3 is 0 Å². The number of rotatable bonds is 9. The molecule has 0 heterocycles. The van der Waals surface area contributed by atoms with Crippen LogP contribution in [0, 0.1) is 5.92 Å². The molecule has 3 heteroatoms. The molecule has 0 radical (unpaired) electrons. The minimum Gasteiger partial charge on any atom is -0.492 e. The third-order valence-corrected chi connectivity index (χ3v) is 2.72. The van der Waals surface area contributed by atoms with Crippen LogP contribution in [0.5, 0.6) is 5.75 Å². The smallest absolute Gasteiger partial charge is 0.119 e. The lowest BCUT2D eigenvalue weighted by atomic mass is 10.2. The van der Waals surface area contributed by atoms with Gasteiger partial charge in [-0.2, -0.15) is 0 Å². The minimum absolute atomic E-state index is 0.680. The van der Waals surface area contributed by atoms with Crippen molar-refractivity contribution in [3.63, 3.8) is 0 Å². The van der Waals surface area contributed by atoms with Gasteiger partial charge in [-0.15, -0.1) is 0 Å². The Kier molecular flexibility index (Phi) is 7.46. The minimum atomic E-state index is 0.680. The van der Waals surface area contributed by atoms with Gasteiger partial charge in [-0.1, -0.05) is 32.0 Å². The Morgan fingerprint density at radius 3 is 2.50 bits per heavy atom. The lowest BCUT2D eigenvalue weighted by molar-refractivity contribution is 0.192. The topological polar surface area (TPSA) is 38.5 Å². The van der Waals surface area contributed by atoms with Gasteiger partial charge in [0.2, 0.25) is 0 Å². The highest BCUT2D eigenvalue weighted by atomic mass is 16.5. The van der Waals surface area contributed by atoms with E-state index in [0.717, 1.165) is 45.0 Å². The van der Waals surface area contributed by atoms with Crippen molar-refractivity contribution in [3.05, 3.63) is 30.3 Å². The molecule has 0 atom stereocenters. The van der Waals surface area contributed by atoms with Gasteiger partial charge in [0.1, 0.15) is 12.4 Å². The van der Waals surface area contributed by atoms with Crippen LogP contribution in [-0.4, -0.2) is 37.7 Å². The molecule has 1 rings (SSSR count). The zero-order chi connectivity index (χ0) is 13.2. The summed E-state index contributed by atoms with van der Waals surface area (Å²) in [6.07, 6.45) is 1.05. The second-order valence-electron chi connectivity index (χ2n) is 5.00. The Balaban J connectivity index is 2.27. The fourth-order valence-corrected chi connectivity index (χ4v) is 1.93. The molecule has 0 aliphatic heterocycles. The first-order chi connectivity index (χ1) is 8.72. The number of ether oxygens (including phenoxy) is 1. The normalized spacial score (nSPS) is 11.2. The third kappa shape index (κ3) is 6.62. The van der Waals surface area contributed by atoms with E-state index in [9.17, 15) is 0 Å². The maximum atomic E-state index is 5.73. The van der Waals surface area contributed by atoms with E-state index in [1.807, 2.05) is 30.3 Å². The van der Waals surface area contributed by atoms with Crippen LogP contribution in [0.2, 0.25) is 0 Å². The molecule has 0 aromatic heterocycles. The van der Waals surface area contributed by atoms with Gasteiger partial charge in [-0.25, -0.2) is 0 Å². The second-order valence-corrected chi connectivity index (χ2v) is 5.00. The van der Waals surface area contributed by atoms with Crippen molar-refractivity contribution in [1.29, 1.82) is 0 Å². The fraction of sp³-hybridized carbons (Fsp3) is 0.600. The highest BCUT2D eigenvalue weighted by molar-refractivity contribution is 5.20. The van der Waals surface area contributed by atoms with Crippen LogP contribution in [0.15, 0.2) is 30.3 Å². The molecular formula is C15H26N2O. The molecule has 0 aliphatic carbocycles. The maximum Gasteiger partial charge on any atom is 0.119 e. The SMILES string of the molecule is CC(C)CN(CCCN)CCOc1ccccc1. The number of nitrogens with two attached hydrogens (primary N) is 1. The highest BCUT2D eigenvalue weighted by Crippen LogP contribution is 2.08. The van der Waals surface area contributed by atoms with Gasteiger partial charge in [0.15, 0.2) is 0 Å². The second kappa shape index (κ2) is 8.95. The van der Waals surface area contributed by atoms with E-state index in [0.29, 0.717) is 5.92 Å². The number of para-hydroxylation sites is 1. The molecule has 0 bridgehead atoms. The Morgan fingerprint density at radius 2 is 1.89 bits per heavy atom. The van der Waals surface area contributed by atoms with Crippen molar-refractivity contribution in [2.24, 2.45) is 11.7 Å². The summed E-state index contributed by atoms with van der Waals surface area (Å²) >= 11 is 0. The molecule has 3 nitrogen and oxygen atoms in total. The van der Waals surface area contributed by atoms with Crippen molar-refractivity contribution in [1.82, 2.24) is 4.90 Å². The summed E-state index contributed by atoms with van der Waals surface area (Å²) in [4.78, 5) is 2.43. The Hall–Kier alpha value is -1.06. The lowest BCUT2D eigenvalue weighted by Gasteiger charge is -2.24. The van der Waals surface area contributed by atoms with Crippen molar-refractivity contribution in [2.45, 2.75) is 20.3 Å². The van der Waals surface area contributed by atoms with Crippen LogP contribution >= 0.6 is 0 Å². The van der Waals surface area contributed by atoms with Crippen molar-refractivity contribution < 1.29 is 4.74 Å². The molecule has 18 heavy (non-hydrogen) atoms. The first-order valence-electron chi connectivity index (χ1n) is 6.82. The van der Waals surface area contributed by atoms with E-state index in [4.69, 9.17) is 10.5 Å². The van der Waals surface area contributed by atoms with E-state index in [-0.39, 0.29) is 0 Å². The maximum absolute atomic E-state index is 5.73. The molecule has 0 amide bonds. The first kappa shape index (κ1) is 15.0. The van der Waals surface area contributed by atoms with Gasteiger partial charge in [-0.05, 0) is 37.6 Å². The molecule has 1 aromatic rings. The monoisotopic (exact) mass is 250 g/mol. The molecule has 102 valence electrons. The van der Waals surface area contributed by atoms with Crippen molar-refractivity contribution in [2.75, 3.05) is 32.8 Å². The summed E-state index contributed by atoms with van der Waals surface area (Å²) in [7, 11) is 0. The first-order valence-corrected chi connectivity index (χ1v) is 6.82. The summed E-state index contributed by atoms with van der Waals surface area (Å²) in [5, 5.41) is 0. The number of hydrogen-bond acceptors (Lipinski definition) is 3. The predicted octanol–water partition coefficient (Wildman–Crippen LogP) is 2.37. The highest BCUT2D eigenvalue weighted by Gasteiger charge is 2.06. The molecule has 0 fully saturated rings. The summed E-state index contributed by atoms with van der Waals surface area (Å²) in [5.74, 6) is 1.63. The van der Waals surface area contributed by atoms with Crippen LogP contribution in [0.25, 0.3) is 0 Å². The molecule has 0 saturated heterocycles. The van der Waals surface area contributed by atoms with Crippen LogP contribution in [0.1, 0.15) is 20.3 Å². The molecule has 0 aliphatic rings. The van der Waals surface area contributed by atoms with Gasteiger partial charge in [0.25, 0.3) is 0 Å². The van der Waals surface area contributed by atoms with E-state index in [1.165, 1.54) is 0 Å². The quantitative estimate of drug-likeness (QED) is 0.731. The van der Waals surface area contributed by atoms with Gasteiger partial charge in [0.05, 0.1) is 0 Å². The summed E-state index contributed by atoms with van der Waals surface area (Å²) in [6.45, 7) is 9.12. The Morgan fingerprint density at radius 1 is 1.17 bits per heavy atom. The summed E-state index contributed by atoms with van der Waals surface area (Å²) < 4.78 is 5.73. The van der Waals surface area contributed by atoms with Crippen LogP contribution in [-0.2, 0) is 0 Å². The van der Waals surface area contributed by atoms with Crippen LogP contribution < -0.4 is 10.5 Å². The molecule has 1 aromatic carbocycles. The predicted molar refractivity (Wildman–Crippen MR) is 76.9 cm³/mol. The lowest BCUT2D eigenvalue weighted by Crippen LogP contribution is -2.33. The molecule has 0 saturated carbocycles. The average Bonchev–Trinajstić information content (AvgIpc) is 2.36. The zero-order valence-corrected chi connectivity index (χ0v) is 11.6. The molecule has 0 spiro atoms. The summed E-state index contributed by atoms with van der Waals surface area (Å²) in [6, 6.07) is 9.98. The molecular weight excluding hydrogens is 224 g/mol. The van der Waals surface area contributed by atoms with E-state index < -0.39 is 0 Å². The van der Waals surface area contributed by atoms with E-state index >= 15 is 0 Å². The van der Waals surface area contributed by atoms with Crippen molar-refractivity contribution in [3.8, 4) is 5.75 Å². The molecule has 2 N–H and O–H groups in total. The average molecular weight is 250 g/mol. The van der Waals surface area contributed by atoms with Gasteiger partial charge in [-0.3, -0.25) is 4.90 Å². The standard InChI is InChI=1S/C15H26N2O/c1-14(2)13-17(10-6-9-16)11-12-18-15-7-4-3-5-8-15/h3-5,7-8,14H,6,9-13,16H2,1-2H3. The third-order valence-electron chi connectivity index (χ3n) is 2.72. The zero-order valence-electron chi connectivity index (χ0n) is 11.6. The van der Waals surface area contributed by atoms with Gasteiger partial charge in [0, 0.05) is 13.1 Å². The Bertz CT molecular complexity index is 301. The van der Waals surface area contributed by atoms with Crippen LogP contribution in [0.4, 0.5) is 0 Å². The van der Waals surface area contributed by atoms with Crippen LogP contribution in [0.3, 0.4) is 0 Å².